The molecule has 4 N–H and O–H groups in total. The Bertz CT molecular complexity index is 451. The first-order valence-corrected chi connectivity index (χ1v) is 6.24. The largest absolute Gasteiger partial charge is 0.508 e. The van der Waals surface area contributed by atoms with E-state index in [9.17, 15) is 9.90 Å². The number of carbonyl (C=O) groups excluding carboxylic acids is 1. The van der Waals surface area contributed by atoms with Gasteiger partial charge in [0, 0.05) is 5.69 Å². The van der Waals surface area contributed by atoms with Crippen LogP contribution < -0.4 is 11.1 Å². The Morgan fingerprint density at radius 1 is 1.28 bits per heavy atom. The van der Waals surface area contributed by atoms with E-state index in [-0.39, 0.29) is 11.7 Å². The molecule has 100 valence electrons. The SMILES string of the molecule is CCC(N)(CC)C(=O)Nc1cc(C)c(O)cc1C. The normalized spacial score (nSPS) is 11.4. The molecule has 1 aromatic rings. The Hall–Kier alpha value is -1.55. The lowest BCUT2D eigenvalue weighted by Crippen LogP contribution is -2.50. The van der Waals surface area contributed by atoms with Crippen molar-refractivity contribution in [3.8, 4) is 5.75 Å². The molecule has 4 heteroatoms. The van der Waals surface area contributed by atoms with E-state index in [1.807, 2.05) is 20.8 Å². The van der Waals surface area contributed by atoms with Gasteiger partial charge in [0.1, 0.15) is 5.75 Å². The molecular weight excluding hydrogens is 228 g/mol. The number of nitrogens with one attached hydrogen (secondary N) is 1. The number of aryl methyl sites for hydroxylation is 2. The number of hydrogen-bond acceptors (Lipinski definition) is 3. The summed E-state index contributed by atoms with van der Waals surface area (Å²) in [5, 5.41) is 12.4. The van der Waals surface area contributed by atoms with Gasteiger partial charge in [0.2, 0.25) is 5.91 Å². The number of carbonyl (C=O) groups is 1. The minimum atomic E-state index is -0.835. The molecule has 0 radical (unpaired) electrons. The Kier molecular flexibility index (Phi) is 4.35. The molecule has 0 bridgehead atoms. The van der Waals surface area contributed by atoms with E-state index >= 15 is 0 Å². The summed E-state index contributed by atoms with van der Waals surface area (Å²) < 4.78 is 0. The lowest BCUT2D eigenvalue weighted by atomic mass is 9.93. The fraction of sp³-hybridized carbons (Fsp3) is 0.500. The van der Waals surface area contributed by atoms with E-state index in [0.29, 0.717) is 18.5 Å². The van der Waals surface area contributed by atoms with Crippen molar-refractivity contribution in [3.63, 3.8) is 0 Å². The van der Waals surface area contributed by atoms with Crippen molar-refractivity contribution >= 4 is 11.6 Å². The summed E-state index contributed by atoms with van der Waals surface area (Å²) in [6, 6.07) is 3.40. The fourth-order valence-electron chi connectivity index (χ4n) is 1.75. The minimum Gasteiger partial charge on any atom is -0.508 e. The van der Waals surface area contributed by atoms with Crippen molar-refractivity contribution in [2.75, 3.05) is 5.32 Å². The van der Waals surface area contributed by atoms with E-state index in [1.165, 1.54) is 0 Å². The van der Waals surface area contributed by atoms with Crippen LogP contribution in [0.1, 0.15) is 37.8 Å². The summed E-state index contributed by atoms with van der Waals surface area (Å²) in [7, 11) is 0. The summed E-state index contributed by atoms with van der Waals surface area (Å²) in [4.78, 5) is 12.1. The second kappa shape index (κ2) is 5.40. The summed E-state index contributed by atoms with van der Waals surface area (Å²) in [6.45, 7) is 7.43. The van der Waals surface area contributed by atoms with Crippen molar-refractivity contribution in [1.82, 2.24) is 0 Å². The van der Waals surface area contributed by atoms with E-state index < -0.39 is 5.54 Å². The summed E-state index contributed by atoms with van der Waals surface area (Å²) in [6.07, 6.45) is 1.18. The van der Waals surface area contributed by atoms with Crippen LogP contribution in [0.2, 0.25) is 0 Å². The van der Waals surface area contributed by atoms with E-state index in [0.717, 1.165) is 11.1 Å². The van der Waals surface area contributed by atoms with Crippen molar-refractivity contribution in [3.05, 3.63) is 23.3 Å². The molecule has 1 aromatic carbocycles. The molecule has 0 saturated carbocycles. The topological polar surface area (TPSA) is 75.4 Å². The molecule has 0 saturated heterocycles. The van der Waals surface area contributed by atoms with Gasteiger partial charge in [0.25, 0.3) is 0 Å². The zero-order valence-corrected chi connectivity index (χ0v) is 11.5. The average molecular weight is 250 g/mol. The predicted molar refractivity (Wildman–Crippen MR) is 73.7 cm³/mol. The summed E-state index contributed by atoms with van der Waals surface area (Å²) >= 11 is 0. The first kappa shape index (κ1) is 14.5. The fourth-order valence-corrected chi connectivity index (χ4v) is 1.75. The lowest BCUT2D eigenvalue weighted by Gasteiger charge is -2.25. The van der Waals surface area contributed by atoms with Gasteiger partial charge in [0.15, 0.2) is 0 Å². The van der Waals surface area contributed by atoms with Crippen molar-refractivity contribution < 1.29 is 9.90 Å². The Labute approximate surface area is 108 Å². The highest BCUT2D eigenvalue weighted by Gasteiger charge is 2.30. The van der Waals surface area contributed by atoms with Crippen LogP contribution in [0.4, 0.5) is 5.69 Å². The highest BCUT2D eigenvalue weighted by atomic mass is 16.3. The van der Waals surface area contributed by atoms with Crippen LogP contribution >= 0.6 is 0 Å². The number of benzene rings is 1. The van der Waals surface area contributed by atoms with Gasteiger partial charge in [-0.15, -0.1) is 0 Å². The molecule has 1 rings (SSSR count). The van der Waals surface area contributed by atoms with Crippen molar-refractivity contribution in [1.29, 1.82) is 0 Å². The van der Waals surface area contributed by atoms with Crippen molar-refractivity contribution in [2.45, 2.75) is 46.1 Å². The predicted octanol–water partition coefficient (Wildman–Crippen LogP) is 2.47. The second-order valence-electron chi connectivity index (χ2n) is 4.77. The quantitative estimate of drug-likeness (QED) is 0.718. The van der Waals surface area contributed by atoms with E-state index in [4.69, 9.17) is 5.73 Å². The van der Waals surface area contributed by atoms with Crippen LogP contribution in [0, 0.1) is 13.8 Å². The van der Waals surface area contributed by atoms with Gasteiger partial charge in [0.05, 0.1) is 5.54 Å². The maximum atomic E-state index is 12.1. The first-order chi connectivity index (χ1) is 8.34. The second-order valence-corrected chi connectivity index (χ2v) is 4.77. The van der Waals surface area contributed by atoms with Crippen LogP contribution in [-0.4, -0.2) is 16.6 Å². The molecule has 0 aliphatic rings. The number of hydrogen-bond donors (Lipinski definition) is 3. The molecule has 4 nitrogen and oxygen atoms in total. The van der Waals surface area contributed by atoms with Gasteiger partial charge in [-0.2, -0.15) is 0 Å². The summed E-state index contributed by atoms with van der Waals surface area (Å²) in [5.41, 5.74) is 7.46. The highest BCUT2D eigenvalue weighted by molar-refractivity contribution is 5.98. The smallest absolute Gasteiger partial charge is 0.244 e. The molecule has 0 unspecified atom stereocenters. The zero-order valence-electron chi connectivity index (χ0n) is 11.5. The first-order valence-electron chi connectivity index (χ1n) is 6.24. The van der Waals surface area contributed by atoms with E-state index in [2.05, 4.69) is 5.32 Å². The van der Waals surface area contributed by atoms with E-state index in [1.54, 1.807) is 19.1 Å². The van der Waals surface area contributed by atoms with Gasteiger partial charge in [-0.05, 0) is 49.9 Å². The number of anilines is 1. The van der Waals surface area contributed by atoms with Crippen molar-refractivity contribution in [2.24, 2.45) is 5.73 Å². The molecular formula is C14H22N2O2. The summed E-state index contributed by atoms with van der Waals surface area (Å²) in [5.74, 6) is 0.0520. The molecule has 0 aliphatic carbocycles. The molecule has 0 spiro atoms. The molecule has 0 aliphatic heterocycles. The Balaban J connectivity index is 2.98. The third kappa shape index (κ3) is 2.82. The molecule has 1 amide bonds. The number of nitrogens with two attached hydrogens (primary N) is 1. The molecule has 0 atom stereocenters. The Morgan fingerprint density at radius 2 is 1.83 bits per heavy atom. The minimum absolute atomic E-state index is 0.180. The van der Waals surface area contributed by atoms with Crippen LogP contribution in [0.25, 0.3) is 0 Å². The maximum absolute atomic E-state index is 12.1. The van der Waals surface area contributed by atoms with Gasteiger partial charge < -0.3 is 16.2 Å². The van der Waals surface area contributed by atoms with Gasteiger partial charge in [-0.3, -0.25) is 4.79 Å². The van der Waals surface area contributed by atoms with Crippen LogP contribution in [0.3, 0.4) is 0 Å². The highest BCUT2D eigenvalue weighted by Crippen LogP contribution is 2.26. The number of amides is 1. The Morgan fingerprint density at radius 3 is 2.33 bits per heavy atom. The van der Waals surface area contributed by atoms with Crippen LogP contribution in [0.15, 0.2) is 12.1 Å². The average Bonchev–Trinajstić information content (AvgIpc) is 2.34. The van der Waals surface area contributed by atoms with Gasteiger partial charge in [-0.1, -0.05) is 13.8 Å². The third-order valence-corrected chi connectivity index (χ3v) is 3.51. The molecule has 0 aromatic heterocycles. The number of phenols is 1. The zero-order chi connectivity index (χ0) is 13.9. The lowest BCUT2D eigenvalue weighted by molar-refractivity contribution is -0.121. The van der Waals surface area contributed by atoms with Crippen LogP contribution in [-0.2, 0) is 4.79 Å². The molecule has 0 fully saturated rings. The van der Waals surface area contributed by atoms with Crippen LogP contribution in [0.5, 0.6) is 5.75 Å². The standard InChI is InChI=1S/C14H22N2O2/c1-5-14(15,6-2)13(18)16-11-7-10(4)12(17)8-9(11)3/h7-8,17H,5-6,15H2,1-4H3,(H,16,18). The van der Waals surface area contributed by atoms with Gasteiger partial charge in [-0.25, -0.2) is 0 Å². The third-order valence-electron chi connectivity index (χ3n) is 3.51. The number of phenolic OH excluding ortho intramolecular Hbond substituents is 1. The maximum Gasteiger partial charge on any atom is 0.244 e. The number of rotatable bonds is 4. The number of aromatic hydroxyl groups is 1. The monoisotopic (exact) mass is 250 g/mol. The molecule has 0 heterocycles. The van der Waals surface area contributed by atoms with Gasteiger partial charge >= 0.3 is 0 Å². The molecule has 18 heavy (non-hydrogen) atoms.